The molecule has 16 nitrogen and oxygen atoms in total. The molecule has 0 spiro atoms. The topological polar surface area (TPSA) is 169 Å². The molecular weight excluding hydrogens is 892 g/mol. The van der Waals surface area contributed by atoms with Crippen molar-refractivity contribution in [2.24, 2.45) is 0 Å². The lowest BCUT2D eigenvalue weighted by Gasteiger charge is -2.28. The van der Waals surface area contributed by atoms with Gasteiger partial charge in [0.15, 0.2) is 17.3 Å². The van der Waals surface area contributed by atoms with E-state index in [2.05, 4.69) is 115 Å². The molecule has 8 aromatic rings. The Bertz CT molecular complexity index is 2940. The van der Waals surface area contributed by atoms with Gasteiger partial charge in [0, 0.05) is 93.8 Å². The van der Waals surface area contributed by atoms with Gasteiger partial charge >= 0.3 is 0 Å². The quantitative estimate of drug-likeness (QED) is 0.112. The third-order valence-electron chi connectivity index (χ3n) is 12.0. The first-order valence-electron chi connectivity index (χ1n) is 22.5. The van der Waals surface area contributed by atoms with E-state index < -0.39 is 0 Å². The molecule has 3 N–H and O–H groups in total. The van der Waals surface area contributed by atoms with Crippen molar-refractivity contribution >= 4 is 29.2 Å². The zero-order chi connectivity index (χ0) is 48.3. The van der Waals surface area contributed by atoms with Crippen molar-refractivity contribution in [3.8, 4) is 34.4 Å². The molecule has 4 aromatic heterocycles. The molecule has 0 aliphatic carbocycles. The molecule has 69 heavy (non-hydrogen) atoms. The van der Waals surface area contributed by atoms with Crippen molar-refractivity contribution in [2.75, 3.05) is 52.6 Å². The van der Waals surface area contributed by atoms with Crippen molar-refractivity contribution in [1.29, 1.82) is 0 Å². The molecule has 2 aliphatic rings. The minimum Gasteiger partial charge on any atom is -0.496 e. The van der Waals surface area contributed by atoms with E-state index in [9.17, 15) is 0 Å². The number of hydrogen-bond donors (Lipinski definition) is 2. The summed E-state index contributed by atoms with van der Waals surface area (Å²) < 4.78 is 25.1. The van der Waals surface area contributed by atoms with Crippen LogP contribution < -0.4 is 30.0 Å². The van der Waals surface area contributed by atoms with Crippen molar-refractivity contribution in [2.45, 2.75) is 52.9 Å². The van der Waals surface area contributed by atoms with Gasteiger partial charge in [-0.3, -0.25) is 9.80 Å². The summed E-state index contributed by atoms with van der Waals surface area (Å²) in [6.45, 7) is 9.85. The molecule has 0 unspecified atom stereocenters. The number of benzene rings is 4. The number of ether oxygens (including phenoxy) is 4. The van der Waals surface area contributed by atoms with Gasteiger partial charge in [-0.1, -0.05) is 60.7 Å². The molecule has 0 radical (unpaired) electrons. The highest BCUT2D eigenvalue weighted by Gasteiger charge is 2.21. The van der Waals surface area contributed by atoms with Gasteiger partial charge in [-0.25, -0.2) is 29.9 Å². The summed E-state index contributed by atoms with van der Waals surface area (Å²) in [6, 6.07) is 28.9. The Morgan fingerprint density at radius 3 is 1.72 bits per heavy atom. The van der Waals surface area contributed by atoms with Gasteiger partial charge in [0.25, 0.3) is 0 Å². The van der Waals surface area contributed by atoms with E-state index in [1.165, 1.54) is 27.8 Å². The lowest BCUT2D eigenvalue weighted by Crippen LogP contribution is -2.31. The zero-order valence-corrected chi connectivity index (χ0v) is 40.5. The first kappa shape index (κ1) is 47.9. The van der Waals surface area contributed by atoms with Gasteiger partial charge in [0.2, 0.25) is 17.0 Å². The number of nitrogens with two attached hydrogens (primary N) is 1. The number of methoxy groups -OCH3 is 4. The van der Waals surface area contributed by atoms with E-state index in [1.807, 2.05) is 47.4 Å². The number of anilines is 3. The summed E-state index contributed by atoms with van der Waals surface area (Å²) in [4.78, 5) is 31.0. The Morgan fingerprint density at radius 1 is 0.623 bits per heavy atom. The minimum atomic E-state index is 0.352. The Hall–Kier alpha value is -7.53. The molecule has 17 heteroatoms. The Balaban J connectivity index is 0.000000151. The zero-order valence-electron chi connectivity index (χ0n) is 39.8. The summed E-state index contributed by atoms with van der Waals surface area (Å²) in [7, 11) is 6.41. The van der Waals surface area contributed by atoms with Crippen molar-refractivity contribution in [1.82, 2.24) is 48.8 Å². The molecule has 0 fully saturated rings. The minimum absolute atomic E-state index is 0.352. The second-order valence-corrected chi connectivity index (χ2v) is 17.0. The fourth-order valence-corrected chi connectivity index (χ4v) is 8.40. The Labute approximate surface area is 407 Å². The molecule has 10 rings (SSSR count). The first-order valence-corrected chi connectivity index (χ1v) is 22.9. The van der Waals surface area contributed by atoms with Crippen LogP contribution in [-0.4, -0.2) is 90.4 Å². The fraction of sp³-hybridized carbons (Fsp3) is 0.269. The van der Waals surface area contributed by atoms with Gasteiger partial charge in [-0.15, -0.1) is 0 Å². The number of rotatable bonds is 12. The highest BCUT2D eigenvalue weighted by atomic mass is 35.5. The predicted octanol–water partition coefficient (Wildman–Crippen LogP) is 8.76. The molecule has 0 saturated heterocycles. The summed E-state index contributed by atoms with van der Waals surface area (Å²) in [6.07, 6.45) is 12.7. The fourth-order valence-electron chi connectivity index (χ4n) is 8.25. The SMILES string of the molecule is COc1cc(-n2cnc(N)c2)cc(OC)c1OC.COc1cc(-n2cnc(Nc3ncc4c(n3)CCN(Cc3ccccc3)C4)c2)cc(C)c1C.Clc1ncc2c(n1)CCN(Cc1ccccc1)C2. The summed E-state index contributed by atoms with van der Waals surface area (Å²) in [5.74, 6) is 4.31. The molecule has 2 aliphatic heterocycles. The van der Waals surface area contributed by atoms with Gasteiger partial charge < -0.3 is 39.1 Å². The van der Waals surface area contributed by atoms with Crippen LogP contribution in [0.2, 0.25) is 5.28 Å². The maximum Gasteiger partial charge on any atom is 0.228 e. The predicted molar refractivity (Wildman–Crippen MR) is 268 cm³/mol. The standard InChI is InChI=1S/C26H28N6O.C14H14ClN3.C12H15N3O3/c1-18-11-22(12-24(33-3)19(18)2)32-16-25(28-17-32)30-26-27-13-21-15-31(10-9-23(21)29-26)14-20-7-5-4-6-8-20;15-14-16-8-12-10-18(7-6-13(12)17-14)9-11-4-2-1-3-5-11;1-16-9-4-8(15-6-11(13)14-7-15)5-10(17-2)12(9)18-3/h4-8,11-13,16-17H,9-10,14-15H2,1-3H3,(H,27,29,30);1-5,8H,6-7,9-10H2;4-7H,13H2,1-3H3. The van der Waals surface area contributed by atoms with Crippen molar-refractivity contribution in [3.63, 3.8) is 0 Å². The molecule has 0 atom stereocenters. The van der Waals surface area contributed by atoms with Crippen LogP contribution in [0.1, 0.15) is 44.8 Å². The number of fused-ring (bicyclic) bond motifs is 2. The number of aromatic nitrogens is 8. The van der Waals surface area contributed by atoms with E-state index in [4.69, 9.17) is 41.3 Å². The monoisotopic (exact) mass is 948 g/mol. The van der Waals surface area contributed by atoms with Crippen LogP contribution in [0.3, 0.4) is 0 Å². The Kier molecular flexibility index (Phi) is 15.6. The second kappa shape index (κ2) is 22.5. The summed E-state index contributed by atoms with van der Waals surface area (Å²) in [5.41, 5.74) is 17.0. The van der Waals surface area contributed by atoms with Crippen molar-refractivity contribution in [3.05, 3.63) is 172 Å². The smallest absolute Gasteiger partial charge is 0.228 e. The highest BCUT2D eigenvalue weighted by molar-refractivity contribution is 6.28. The normalized spacial score (nSPS) is 13.1. The van der Waals surface area contributed by atoms with Gasteiger partial charge in [0.05, 0.1) is 63.6 Å². The molecule has 0 bridgehead atoms. The molecule has 0 saturated carbocycles. The number of nitrogens with one attached hydrogen (secondary N) is 1. The molecule has 6 heterocycles. The van der Waals surface area contributed by atoms with Crippen LogP contribution in [0, 0.1) is 13.8 Å². The number of halogens is 1. The first-order chi connectivity index (χ1) is 33.6. The summed E-state index contributed by atoms with van der Waals surface area (Å²) >= 11 is 5.81. The van der Waals surface area contributed by atoms with E-state index in [0.717, 1.165) is 86.2 Å². The number of nitrogen functional groups attached to an aromatic ring is 1. The van der Waals surface area contributed by atoms with E-state index >= 15 is 0 Å². The average molecular weight is 950 g/mol. The molecule has 356 valence electrons. The van der Waals surface area contributed by atoms with Gasteiger partial charge in [0.1, 0.15) is 24.2 Å². The van der Waals surface area contributed by atoms with Gasteiger partial charge in [-0.2, -0.15) is 0 Å². The van der Waals surface area contributed by atoms with E-state index in [0.29, 0.717) is 40.1 Å². The maximum atomic E-state index is 5.81. The molecule has 4 aromatic carbocycles. The second-order valence-electron chi connectivity index (χ2n) is 16.6. The summed E-state index contributed by atoms with van der Waals surface area (Å²) in [5, 5.41) is 3.60. The Morgan fingerprint density at radius 2 is 1.16 bits per heavy atom. The van der Waals surface area contributed by atoms with Crippen LogP contribution in [0.25, 0.3) is 11.4 Å². The third kappa shape index (κ3) is 12.1. The lowest BCUT2D eigenvalue weighted by atomic mass is 10.1. The van der Waals surface area contributed by atoms with Crippen LogP contribution >= 0.6 is 11.6 Å². The highest BCUT2D eigenvalue weighted by Crippen LogP contribution is 2.39. The number of aryl methyl sites for hydroxylation is 1. The van der Waals surface area contributed by atoms with Crippen molar-refractivity contribution < 1.29 is 18.9 Å². The third-order valence-corrected chi connectivity index (χ3v) is 12.2. The van der Waals surface area contributed by atoms with Crippen LogP contribution in [0.4, 0.5) is 17.6 Å². The van der Waals surface area contributed by atoms with E-state index in [1.54, 1.807) is 51.9 Å². The number of hydrogen-bond acceptors (Lipinski definition) is 14. The van der Waals surface area contributed by atoms with Crippen LogP contribution in [-0.2, 0) is 39.0 Å². The average Bonchev–Trinajstić information content (AvgIpc) is 4.04. The maximum absolute atomic E-state index is 5.81. The molecule has 0 amide bonds. The lowest BCUT2D eigenvalue weighted by molar-refractivity contribution is 0.243. The molecular formula is C52H57ClN12O4. The van der Waals surface area contributed by atoms with E-state index in [-0.39, 0.29) is 0 Å². The van der Waals surface area contributed by atoms with Crippen LogP contribution in [0.5, 0.6) is 23.0 Å². The van der Waals surface area contributed by atoms with Crippen LogP contribution in [0.15, 0.2) is 122 Å². The number of nitrogens with zero attached hydrogens (tertiary/aromatic N) is 10. The number of imidazole rings is 2. The van der Waals surface area contributed by atoms with Gasteiger partial charge in [-0.05, 0) is 53.8 Å². The largest absolute Gasteiger partial charge is 0.496 e.